The van der Waals surface area contributed by atoms with Gasteiger partial charge in [-0.2, -0.15) is 13.2 Å². The third kappa shape index (κ3) is 8.75. The smallest absolute Gasteiger partial charge is 0.416 e. The minimum absolute atomic E-state index is 0.00429. The van der Waals surface area contributed by atoms with Crippen LogP contribution in [0.1, 0.15) is 98.3 Å². The maximum absolute atomic E-state index is 16.2. The molecule has 7 nitrogen and oxygen atoms in total. The van der Waals surface area contributed by atoms with Gasteiger partial charge in [0.15, 0.2) is 0 Å². The van der Waals surface area contributed by atoms with Crippen molar-refractivity contribution in [3.05, 3.63) is 91.9 Å². The number of amides is 1. The van der Waals surface area contributed by atoms with Gasteiger partial charge in [0.25, 0.3) is 5.56 Å². The second-order valence-electron chi connectivity index (χ2n) is 14.8. The Morgan fingerprint density at radius 1 is 1.04 bits per heavy atom. The van der Waals surface area contributed by atoms with Crippen molar-refractivity contribution in [3.63, 3.8) is 0 Å². The summed E-state index contributed by atoms with van der Waals surface area (Å²) in [5, 5.41) is 12.5. The lowest BCUT2D eigenvalue weighted by Gasteiger charge is -2.27. The van der Waals surface area contributed by atoms with Gasteiger partial charge in [-0.25, -0.2) is 8.78 Å². The standard InChI is InChI=1S/C40H44F5N3O4/c1-6-7-26-17-28(36-24(4)15-29(41)16-25(36)5)18-30(37(26)42)32(20-35(50)51)46-38(52)33(14-23(2)3)48-21-27(31(19-34(48)49)40(43,44)45)8-12-47-13-11-39(22-47)9-10-39/h15-19,21,23,32-33H,8-14,20,22H2,1-5H3,(H,46,52)(H,50,51)/t32-,33+/m1/s1. The molecule has 3 aromatic rings. The average molecular weight is 726 g/mol. The van der Waals surface area contributed by atoms with Crippen LogP contribution in [0.5, 0.6) is 0 Å². The number of carbonyl (C=O) groups excluding carboxylic acids is 1. The lowest BCUT2D eigenvalue weighted by molar-refractivity contribution is -0.139. The van der Waals surface area contributed by atoms with Crippen LogP contribution in [-0.2, 0) is 22.2 Å². The maximum Gasteiger partial charge on any atom is 0.416 e. The molecule has 1 saturated carbocycles. The number of pyridine rings is 1. The SMILES string of the molecule is CC#Cc1cc(-c2c(C)cc(F)cc2C)cc([C@@H](CC(=O)O)NC(=O)[C@H](CC(C)C)n2cc(CCN3CCC4(CC4)C3)c(C(F)(F)F)cc2=O)c1F. The number of carboxylic acid groups (broad SMARTS) is 1. The molecule has 2 atom stereocenters. The van der Waals surface area contributed by atoms with E-state index in [4.69, 9.17) is 0 Å². The van der Waals surface area contributed by atoms with Crippen molar-refractivity contribution in [1.29, 1.82) is 0 Å². The summed E-state index contributed by atoms with van der Waals surface area (Å²) in [6, 6.07) is 3.20. The van der Waals surface area contributed by atoms with E-state index in [9.17, 15) is 37.1 Å². The van der Waals surface area contributed by atoms with Crippen LogP contribution in [0.25, 0.3) is 11.1 Å². The molecule has 1 spiro atoms. The second kappa shape index (κ2) is 15.2. The average Bonchev–Trinajstić information content (AvgIpc) is 3.68. The van der Waals surface area contributed by atoms with Gasteiger partial charge in [0.05, 0.1) is 23.6 Å². The fraction of sp³-hybridized carbons (Fsp3) is 0.475. The Hall–Kier alpha value is -4.50. The van der Waals surface area contributed by atoms with Gasteiger partial charge in [-0.1, -0.05) is 19.8 Å². The predicted octanol–water partition coefficient (Wildman–Crippen LogP) is 7.75. The van der Waals surface area contributed by atoms with Crippen LogP contribution in [0.15, 0.2) is 41.3 Å². The summed E-state index contributed by atoms with van der Waals surface area (Å²) < 4.78 is 74.0. The summed E-state index contributed by atoms with van der Waals surface area (Å²) in [6.07, 6.45) is -1.20. The van der Waals surface area contributed by atoms with E-state index in [1.54, 1.807) is 27.7 Å². The minimum Gasteiger partial charge on any atom is -0.481 e. The molecule has 1 aromatic heterocycles. The third-order valence-corrected chi connectivity index (χ3v) is 10.2. The summed E-state index contributed by atoms with van der Waals surface area (Å²) >= 11 is 0. The number of carboxylic acids is 1. The van der Waals surface area contributed by atoms with E-state index in [-0.39, 0.29) is 40.9 Å². The van der Waals surface area contributed by atoms with Crippen LogP contribution < -0.4 is 10.9 Å². The molecule has 0 bridgehead atoms. The van der Waals surface area contributed by atoms with E-state index in [1.807, 2.05) is 0 Å². The molecule has 1 aliphatic carbocycles. The van der Waals surface area contributed by atoms with Crippen molar-refractivity contribution in [2.24, 2.45) is 11.3 Å². The number of alkyl halides is 3. The molecule has 1 saturated heterocycles. The first-order valence-corrected chi connectivity index (χ1v) is 17.5. The number of carbonyl (C=O) groups is 2. The highest BCUT2D eigenvalue weighted by Gasteiger charge is 2.47. The molecule has 52 heavy (non-hydrogen) atoms. The zero-order valence-electron chi connectivity index (χ0n) is 30.0. The minimum atomic E-state index is -4.80. The highest BCUT2D eigenvalue weighted by atomic mass is 19.4. The molecule has 278 valence electrons. The predicted molar refractivity (Wildman–Crippen MR) is 188 cm³/mol. The summed E-state index contributed by atoms with van der Waals surface area (Å²) in [5.41, 5.74) is -0.153. The molecule has 2 heterocycles. The number of likely N-dealkylation sites (tertiary alicyclic amines) is 1. The summed E-state index contributed by atoms with van der Waals surface area (Å²) in [7, 11) is 0. The summed E-state index contributed by atoms with van der Waals surface area (Å²) in [4.78, 5) is 41.8. The van der Waals surface area contributed by atoms with Crippen molar-refractivity contribution in [2.45, 2.75) is 91.4 Å². The van der Waals surface area contributed by atoms with Gasteiger partial charge in [0.2, 0.25) is 5.91 Å². The fourth-order valence-corrected chi connectivity index (χ4v) is 7.49. The Kier molecular flexibility index (Phi) is 11.3. The number of rotatable bonds is 12. The highest BCUT2D eigenvalue weighted by molar-refractivity contribution is 5.82. The molecule has 2 N–H and O–H groups in total. The zero-order valence-corrected chi connectivity index (χ0v) is 30.0. The monoisotopic (exact) mass is 725 g/mol. The first-order valence-electron chi connectivity index (χ1n) is 17.5. The maximum atomic E-state index is 16.2. The Morgan fingerprint density at radius 2 is 1.71 bits per heavy atom. The molecular formula is C40H44F5N3O4. The zero-order chi connectivity index (χ0) is 38.1. The fourth-order valence-electron chi connectivity index (χ4n) is 7.49. The normalized spacial score (nSPS) is 16.4. The quantitative estimate of drug-likeness (QED) is 0.147. The number of benzene rings is 2. The Labute approximate surface area is 300 Å². The van der Waals surface area contributed by atoms with Crippen molar-refractivity contribution >= 4 is 11.9 Å². The molecule has 1 amide bonds. The number of nitrogens with zero attached hydrogens (tertiary/aromatic N) is 2. The van der Waals surface area contributed by atoms with E-state index in [1.165, 1.54) is 31.2 Å². The van der Waals surface area contributed by atoms with Gasteiger partial charge < -0.3 is 19.9 Å². The topological polar surface area (TPSA) is 91.6 Å². The molecule has 1 aliphatic heterocycles. The number of aliphatic carboxylic acids is 1. The second-order valence-corrected chi connectivity index (χ2v) is 14.8. The Bertz CT molecular complexity index is 1960. The number of halogens is 5. The van der Waals surface area contributed by atoms with Crippen molar-refractivity contribution in [2.75, 3.05) is 19.6 Å². The van der Waals surface area contributed by atoms with Crippen LogP contribution in [0.3, 0.4) is 0 Å². The summed E-state index contributed by atoms with van der Waals surface area (Å²) in [6.45, 7) is 10.4. The van der Waals surface area contributed by atoms with Crippen LogP contribution in [0, 0.1) is 48.7 Å². The van der Waals surface area contributed by atoms with E-state index in [2.05, 4.69) is 22.1 Å². The molecule has 2 aromatic carbocycles. The van der Waals surface area contributed by atoms with E-state index in [0.717, 1.165) is 43.1 Å². The van der Waals surface area contributed by atoms with Gasteiger partial charge in [-0.05, 0) is 123 Å². The first kappa shape index (κ1) is 38.7. The molecule has 0 unspecified atom stereocenters. The summed E-state index contributed by atoms with van der Waals surface area (Å²) in [5.74, 6) is 1.54. The van der Waals surface area contributed by atoms with Crippen LogP contribution in [-0.4, -0.2) is 46.1 Å². The van der Waals surface area contributed by atoms with Crippen molar-refractivity contribution < 1.29 is 36.6 Å². The molecule has 0 radical (unpaired) electrons. The third-order valence-electron chi connectivity index (χ3n) is 10.2. The number of aromatic nitrogens is 1. The molecule has 2 fully saturated rings. The largest absolute Gasteiger partial charge is 0.481 e. The van der Waals surface area contributed by atoms with Gasteiger partial charge in [-0.3, -0.25) is 14.4 Å². The number of nitrogens with one attached hydrogen (secondary N) is 1. The molecule has 2 aliphatic rings. The lowest BCUT2D eigenvalue weighted by Crippen LogP contribution is -2.41. The number of hydrogen-bond acceptors (Lipinski definition) is 4. The van der Waals surface area contributed by atoms with Crippen LogP contribution in [0.4, 0.5) is 22.0 Å². The van der Waals surface area contributed by atoms with Crippen molar-refractivity contribution in [1.82, 2.24) is 14.8 Å². The van der Waals surface area contributed by atoms with Gasteiger partial charge >= 0.3 is 12.1 Å². The lowest BCUT2D eigenvalue weighted by atomic mass is 9.90. The van der Waals surface area contributed by atoms with E-state index >= 15 is 4.39 Å². The molecule has 5 rings (SSSR count). The molecule has 12 heteroatoms. The van der Waals surface area contributed by atoms with E-state index in [0.29, 0.717) is 34.9 Å². The van der Waals surface area contributed by atoms with Crippen LogP contribution >= 0.6 is 0 Å². The highest BCUT2D eigenvalue weighted by Crippen LogP contribution is 2.52. The van der Waals surface area contributed by atoms with Gasteiger partial charge in [0, 0.05) is 30.9 Å². The Morgan fingerprint density at radius 3 is 2.27 bits per heavy atom. The first-order chi connectivity index (χ1) is 24.4. The molecular weight excluding hydrogens is 681 g/mol. The van der Waals surface area contributed by atoms with Gasteiger partial charge in [-0.15, -0.1) is 5.92 Å². The van der Waals surface area contributed by atoms with Gasteiger partial charge in [0.1, 0.15) is 17.7 Å². The number of aryl methyl sites for hydroxylation is 2. The number of hydrogen-bond donors (Lipinski definition) is 2. The van der Waals surface area contributed by atoms with Crippen LogP contribution in [0.2, 0.25) is 0 Å². The van der Waals surface area contributed by atoms with E-state index < -0.39 is 59.3 Å². The van der Waals surface area contributed by atoms with Crippen molar-refractivity contribution in [3.8, 4) is 23.0 Å². The Balaban J connectivity index is 1.55.